The Labute approximate surface area is 858 Å². The van der Waals surface area contributed by atoms with Gasteiger partial charge in [-0.15, -0.1) is 0 Å². The van der Waals surface area contributed by atoms with Gasteiger partial charge < -0.3 is 63.7 Å². The van der Waals surface area contributed by atoms with Crippen LogP contribution < -0.4 is 25.4 Å². The lowest BCUT2D eigenvalue weighted by Gasteiger charge is -2.31. The van der Waals surface area contributed by atoms with Gasteiger partial charge in [0.15, 0.2) is 11.5 Å². The van der Waals surface area contributed by atoms with Crippen molar-refractivity contribution in [2.24, 2.45) is 35.5 Å². The fourth-order valence-corrected chi connectivity index (χ4v) is 18.7. The van der Waals surface area contributed by atoms with Crippen molar-refractivity contribution in [1.82, 2.24) is 39.2 Å². The number of hydrogen-bond donors (Lipinski definition) is 3. The third-order valence-corrected chi connectivity index (χ3v) is 27.9. The number of hydrogen-bond acceptors (Lipinski definition) is 17. The van der Waals surface area contributed by atoms with Gasteiger partial charge in [-0.2, -0.15) is 18.3 Å². The Kier molecular flexibility index (Phi) is 42.0. The normalized spacial score (nSPS) is 15.5. The van der Waals surface area contributed by atoms with E-state index in [1.54, 1.807) is 127 Å². The molecular formula is C109H124BrClF4IN11O16. The molecule has 0 radical (unpaired) electrons. The molecule has 143 heavy (non-hydrogen) atoms. The van der Waals surface area contributed by atoms with Crippen molar-refractivity contribution >= 4 is 138 Å². The maximum Gasteiger partial charge on any atom is 0.417 e. The Bertz CT molecular complexity index is 5820. The second-order valence-corrected chi connectivity index (χ2v) is 38.8. The number of carbonyl (C=O) groups excluding carboxylic acids is 12. The Morgan fingerprint density at radius 1 is 0.455 bits per heavy atom. The van der Waals surface area contributed by atoms with Crippen LogP contribution in [0.2, 0.25) is 5.02 Å². The minimum absolute atomic E-state index is 0.0101. The number of nitrogens with one attached hydrogen (secondary N) is 3. The number of benzene rings is 7. The highest BCUT2D eigenvalue weighted by Crippen LogP contribution is 2.38. The van der Waals surface area contributed by atoms with Crippen molar-refractivity contribution in [2.75, 3.05) is 109 Å². The summed E-state index contributed by atoms with van der Waals surface area (Å²) in [5.74, 6) is 1.68. The standard InChI is InChI=1S/C21H27N3O2.C20H17BrClF3N2O2.C18H18FNO3.C18H18INO3.C16H22N2O4.C16H22N2O2/c1-4-21(26)23-11-9-18(10-12-23)20(25)14-17-5-7-19(8-6-17)24-16(3)13-15(2)22-24;21-14-3-1-13(2-4-14)19(29)27-9-7-12(8-10-27)18(28)26-15-5-6-17(22)16(11-15)20(23,24)25;2*19-15-5-3-13(4-6-15)12-16(21)14-7-9-20(10-8-14)18(22)17-2-1-11-23-17;1-11(19)18-8-6-12(7-9-18)16(20)17-14-10-13(21-2)4-5-15(14)22-3;1-3-13-5-4-6-15(11-13)17-16(20)14-7-9-18(10-8-14)12(2)19/h5-8,13,18H,4,9-12,14H2,1-3H3;1-6,11-12H,7-10H2,(H,26,28);2*1-6,11,14H,7-10,12H2;4-5,10,12H,6-9H2,1-3H3,(H,17,20);4-6,11,14H,3,7-10H2,1-2H3,(H,17,20). The topological polar surface area (TPSA) is 323 Å². The molecule has 0 unspecified atom stereocenters. The second-order valence-electron chi connectivity index (χ2n) is 36.2. The van der Waals surface area contributed by atoms with E-state index in [9.17, 15) is 75.1 Å². The molecule has 6 saturated heterocycles. The molecule has 16 rings (SSSR count). The van der Waals surface area contributed by atoms with Crippen LogP contribution in [0, 0.1) is 58.7 Å². The van der Waals surface area contributed by atoms with E-state index in [0.29, 0.717) is 177 Å². The Morgan fingerprint density at radius 3 is 1.28 bits per heavy atom. The number of furan rings is 2. The molecule has 0 saturated carbocycles. The van der Waals surface area contributed by atoms with Crippen molar-refractivity contribution in [3.05, 3.63) is 276 Å². The van der Waals surface area contributed by atoms with Crippen LogP contribution in [0.1, 0.15) is 182 Å². The number of likely N-dealkylation sites (tertiary alicyclic amines) is 6. The van der Waals surface area contributed by atoms with Crippen LogP contribution >= 0.6 is 50.1 Å². The lowest BCUT2D eigenvalue weighted by Crippen LogP contribution is -2.41. The van der Waals surface area contributed by atoms with Gasteiger partial charge in [0.2, 0.25) is 35.4 Å². The number of carbonyl (C=O) groups is 12. The number of Topliss-reactive ketones (excluding diaryl/α,β-unsaturated/α-hetero) is 3. The number of ether oxygens (including phenoxy) is 2. The highest BCUT2D eigenvalue weighted by Gasteiger charge is 2.37. The average Bonchev–Trinajstić information content (AvgIpc) is 1.76. The molecule has 6 fully saturated rings. The third kappa shape index (κ3) is 33.2. The van der Waals surface area contributed by atoms with Crippen molar-refractivity contribution in [1.29, 1.82) is 0 Å². The van der Waals surface area contributed by atoms with Crippen LogP contribution in [0.25, 0.3) is 5.69 Å². The zero-order chi connectivity index (χ0) is 103. The van der Waals surface area contributed by atoms with Crippen molar-refractivity contribution < 1.29 is 93.4 Å². The summed E-state index contributed by atoms with van der Waals surface area (Å²) < 4.78 is 76.4. The number of alkyl halides is 3. The van der Waals surface area contributed by atoms with Crippen LogP contribution in [-0.4, -0.2) is 202 Å². The summed E-state index contributed by atoms with van der Waals surface area (Å²) in [5, 5.41) is 12.5. The number of rotatable bonds is 23. The van der Waals surface area contributed by atoms with Gasteiger partial charge in [-0.3, -0.25) is 57.5 Å². The number of aryl methyl sites for hydroxylation is 3. The van der Waals surface area contributed by atoms with Crippen LogP contribution in [0.4, 0.5) is 34.6 Å². The number of ketones is 3. The summed E-state index contributed by atoms with van der Waals surface area (Å²) in [6.07, 6.45) is 9.23. The largest absolute Gasteiger partial charge is 0.497 e. The van der Waals surface area contributed by atoms with Gasteiger partial charge in [0.05, 0.1) is 54.4 Å². The second kappa shape index (κ2) is 54.2. The number of halogens is 7. The van der Waals surface area contributed by atoms with E-state index in [0.717, 1.165) is 101 Å². The molecule has 3 N–H and O–H groups in total. The first kappa shape index (κ1) is 111. The zero-order valence-corrected chi connectivity index (χ0v) is 86.3. The van der Waals surface area contributed by atoms with E-state index >= 15 is 0 Å². The van der Waals surface area contributed by atoms with Crippen LogP contribution in [0.5, 0.6) is 11.5 Å². The van der Waals surface area contributed by atoms with Crippen molar-refractivity contribution in [3.63, 3.8) is 0 Å². The molecule has 6 aliphatic rings. The SMILES string of the molecule is CCC(=O)N1CCC(C(=O)Cc2ccc(-n3nc(C)cc3C)cc2)CC1.CCc1cccc(NC(=O)C2CCN(C(C)=O)CC2)c1.COc1ccc(OC)c(NC(=O)C2CCN(C(C)=O)CC2)c1.O=C(Cc1ccc(F)cc1)C1CCN(C(=O)c2ccco2)CC1.O=C(Cc1ccc(I)cc1)C1CCN(C(=O)c2ccco2)CC1.O=C(Nc1ccc(Cl)c(C(F)(F)F)c1)C1CCN(C(=O)c2ccc(Br)cc2)CC1. The minimum Gasteiger partial charge on any atom is -0.497 e. The fourth-order valence-electron chi connectivity index (χ4n) is 17.8. The highest BCUT2D eigenvalue weighted by atomic mass is 127. The van der Waals surface area contributed by atoms with E-state index in [1.165, 1.54) is 39.9 Å². The number of piperidine rings is 6. The molecule has 0 atom stereocenters. The molecule has 10 aromatic rings. The maximum atomic E-state index is 13.0. The van der Waals surface area contributed by atoms with Crippen molar-refractivity contribution in [2.45, 2.75) is 157 Å². The lowest BCUT2D eigenvalue weighted by molar-refractivity contribution is -0.137. The first-order valence-electron chi connectivity index (χ1n) is 48.3. The molecule has 0 spiro atoms. The summed E-state index contributed by atoms with van der Waals surface area (Å²) in [6.45, 7) is 18.3. The Morgan fingerprint density at radius 2 is 0.874 bits per heavy atom. The van der Waals surface area contributed by atoms with Crippen LogP contribution in [-0.2, 0) is 75.0 Å². The minimum atomic E-state index is -4.60. The van der Waals surface area contributed by atoms with Gasteiger partial charge in [-0.1, -0.05) is 89.9 Å². The maximum absolute atomic E-state index is 13.0. The van der Waals surface area contributed by atoms with Gasteiger partial charge in [-0.05, 0) is 276 Å². The molecule has 9 heterocycles. The van der Waals surface area contributed by atoms with Crippen molar-refractivity contribution in [3.8, 4) is 17.2 Å². The highest BCUT2D eigenvalue weighted by molar-refractivity contribution is 14.1. The van der Waals surface area contributed by atoms with E-state index < -0.39 is 16.8 Å². The van der Waals surface area contributed by atoms with Crippen LogP contribution in [0.15, 0.2) is 214 Å². The molecule has 0 bridgehead atoms. The van der Waals surface area contributed by atoms with Gasteiger partial charge in [0.25, 0.3) is 17.7 Å². The van der Waals surface area contributed by atoms with Gasteiger partial charge in [0, 0.05) is 190 Å². The van der Waals surface area contributed by atoms with E-state index in [-0.39, 0.29) is 118 Å². The zero-order valence-electron chi connectivity index (χ0n) is 81.8. The molecule has 6 aliphatic heterocycles. The third-order valence-electron chi connectivity index (χ3n) is 26.4. The lowest BCUT2D eigenvalue weighted by atomic mass is 9.89. The summed E-state index contributed by atoms with van der Waals surface area (Å²) in [6, 6.07) is 54.4. The predicted molar refractivity (Wildman–Crippen MR) is 549 cm³/mol. The number of methoxy groups -OCH3 is 2. The van der Waals surface area contributed by atoms with E-state index in [1.807, 2.05) is 108 Å². The van der Waals surface area contributed by atoms with Gasteiger partial charge in [-0.25, -0.2) is 9.07 Å². The Balaban J connectivity index is 0.000000164. The molecular weight excluding hydrogens is 2040 g/mol. The Hall–Kier alpha value is -12.6. The fraction of sp³-hybridized carbons (Fsp3) is 0.404. The number of aromatic nitrogens is 2. The number of amides is 9. The molecule has 3 aromatic heterocycles. The van der Waals surface area contributed by atoms with Gasteiger partial charge >= 0.3 is 6.18 Å². The van der Waals surface area contributed by atoms with Crippen LogP contribution in [0.3, 0.4) is 0 Å². The smallest absolute Gasteiger partial charge is 0.417 e. The first-order valence-corrected chi connectivity index (χ1v) is 50.6. The summed E-state index contributed by atoms with van der Waals surface area (Å²) in [5.41, 5.74) is 8.32. The monoisotopic (exact) mass is 2160 g/mol. The summed E-state index contributed by atoms with van der Waals surface area (Å²) >= 11 is 11.2. The summed E-state index contributed by atoms with van der Waals surface area (Å²) in [7, 11) is 3.13. The van der Waals surface area contributed by atoms with Gasteiger partial charge in [0.1, 0.15) is 34.7 Å². The molecule has 760 valence electrons. The number of nitrogens with zero attached hydrogens (tertiary/aromatic N) is 8. The molecule has 34 heteroatoms. The van der Waals surface area contributed by atoms with E-state index in [4.69, 9.17) is 29.9 Å². The summed E-state index contributed by atoms with van der Waals surface area (Å²) in [4.78, 5) is 156. The first-order chi connectivity index (χ1) is 68.5. The van der Waals surface area contributed by atoms with E-state index in [2.05, 4.69) is 72.6 Å². The number of anilines is 3. The molecule has 0 aliphatic carbocycles. The predicted octanol–water partition coefficient (Wildman–Crippen LogP) is 19.8. The quantitative estimate of drug-likeness (QED) is 0.0396. The molecule has 27 nitrogen and oxygen atoms in total. The molecule has 9 amide bonds. The average molecular weight is 2160 g/mol. The molecule has 7 aromatic carbocycles.